The molecule has 0 radical (unpaired) electrons. The van der Waals surface area contributed by atoms with Crippen LogP contribution in [0.15, 0.2) is 59.8 Å². The molecule has 7 nitrogen and oxygen atoms in total. The van der Waals surface area contributed by atoms with Gasteiger partial charge in [0, 0.05) is 28.8 Å². The SMILES string of the molecule is CC(C)c1ccc(-c2ncc(Cn3cnc4cc([N+](=O)[O-])ccc4c3=O)s2)cc1. The lowest BCUT2D eigenvalue weighted by atomic mass is 10.0. The van der Waals surface area contributed by atoms with E-state index in [1.807, 2.05) is 0 Å². The molecule has 0 aliphatic rings. The van der Waals surface area contributed by atoms with Gasteiger partial charge in [-0.25, -0.2) is 9.97 Å². The lowest BCUT2D eigenvalue weighted by Gasteiger charge is -2.05. The van der Waals surface area contributed by atoms with Crippen LogP contribution in [-0.2, 0) is 6.54 Å². The maximum absolute atomic E-state index is 12.7. The molecule has 0 aliphatic heterocycles. The van der Waals surface area contributed by atoms with Crippen molar-refractivity contribution < 1.29 is 4.92 Å². The predicted molar refractivity (Wildman–Crippen MR) is 113 cm³/mol. The van der Waals surface area contributed by atoms with Crippen molar-refractivity contribution in [1.29, 1.82) is 0 Å². The highest BCUT2D eigenvalue weighted by molar-refractivity contribution is 7.15. The van der Waals surface area contributed by atoms with E-state index in [2.05, 4.69) is 48.1 Å². The highest BCUT2D eigenvalue weighted by atomic mass is 32.1. The first-order valence-corrected chi connectivity index (χ1v) is 9.92. The van der Waals surface area contributed by atoms with Gasteiger partial charge < -0.3 is 0 Å². The molecule has 2 aromatic carbocycles. The molecule has 4 rings (SSSR count). The van der Waals surface area contributed by atoms with Crippen molar-refractivity contribution in [3.05, 3.63) is 85.9 Å². The van der Waals surface area contributed by atoms with Crippen LogP contribution in [0.2, 0.25) is 0 Å². The Hall–Kier alpha value is -3.39. The molecule has 29 heavy (non-hydrogen) atoms. The summed E-state index contributed by atoms with van der Waals surface area (Å²) in [6, 6.07) is 12.4. The third-order valence-corrected chi connectivity index (χ3v) is 5.75. The van der Waals surface area contributed by atoms with Crippen LogP contribution in [0.25, 0.3) is 21.5 Å². The van der Waals surface area contributed by atoms with Gasteiger partial charge in [0.1, 0.15) is 5.01 Å². The van der Waals surface area contributed by atoms with Gasteiger partial charge in [0.15, 0.2) is 0 Å². The zero-order chi connectivity index (χ0) is 20.5. The molecule has 0 atom stereocenters. The topological polar surface area (TPSA) is 90.9 Å². The van der Waals surface area contributed by atoms with Gasteiger partial charge in [0.25, 0.3) is 11.2 Å². The van der Waals surface area contributed by atoms with Gasteiger partial charge in [-0.05, 0) is 17.5 Å². The lowest BCUT2D eigenvalue weighted by molar-refractivity contribution is -0.384. The number of aromatic nitrogens is 3. The van der Waals surface area contributed by atoms with Crippen LogP contribution in [0, 0.1) is 10.1 Å². The molecule has 0 aliphatic carbocycles. The molecule has 8 heteroatoms. The van der Waals surface area contributed by atoms with Crippen LogP contribution in [-0.4, -0.2) is 19.5 Å². The number of nitrogens with zero attached hydrogens (tertiary/aromatic N) is 4. The van der Waals surface area contributed by atoms with Crippen molar-refractivity contribution in [3.8, 4) is 10.6 Å². The van der Waals surface area contributed by atoms with Gasteiger partial charge in [0.05, 0.1) is 28.7 Å². The Morgan fingerprint density at radius 2 is 1.90 bits per heavy atom. The van der Waals surface area contributed by atoms with Crippen LogP contribution < -0.4 is 5.56 Å². The summed E-state index contributed by atoms with van der Waals surface area (Å²) < 4.78 is 1.49. The minimum atomic E-state index is -0.501. The summed E-state index contributed by atoms with van der Waals surface area (Å²) in [7, 11) is 0. The van der Waals surface area contributed by atoms with E-state index >= 15 is 0 Å². The van der Waals surface area contributed by atoms with E-state index in [-0.39, 0.29) is 11.2 Å². The third-order valence-electron chi connectivity index (χ3n) is 4.72. The Bertz CT molecular complexity index is 1260. The highest BCUT2D eigenvalue weighted by Gasteiger charge is 2.12. The van der Waals surface area contributed by atoms with Crippen molar-refractivity contribution in [2.75, 3.05) is 0 Å². The van der Waals surface area contributed by atoms with Crippen LogP contribution in [0.1, 0.15) is 30.2 Å². The molecule has 146 valence electrons. The normalized spacial score (nSPS) is 11.3. The highest BCUT2D eigenvalue weighted by Crippen LogP contribution is 2.27. The van der Waals surface area contributed by atoms with E-state index in [0.717, 1.165) is 15.4 Å². The van der Waals surface area contributed by atoms with Crippen molar-refractivity contribution >= 4 is 27.9 Å². The maximum Gasteiger partial charge on any atom is 0.271 e. The molecule has 0 saturated carbocycles. The number of nitro benzene ring substituents is 1. The fourth-order valence-corrected chi connectivity index (χ4v) is 3.98. The second-order valence-electron chi connectivity index (χ2n) is 7.04. The van der Waals surface area contributed by atoms with Crippen molar-refractivity contribution in [1.82, 2.24) is 14.5 Å². The van der Waals surface area contributed by atoms with E-state index < -0.39 is 4.92 Å². The number of benzene rings is 2. The number of rotatable bonds is 5. The molecule has 2 aromatic heterocycles. The molecule has 2 heterocycles. The molecule has 0 spiro atoms. The summed E-state index contributed by atoms with van der Waals surface area (Å²) in [5, 5.41) is 12.1. The predicted octanol–water partition coefficient (Wildman–Crippen LogP) is 4.60. The first-order valence-electron chi connectivity index (χ1n) is 9.11. The van der Waals surface area contributed by atoms with Crippen molar-refractivity contribution in [3.63, 3.8) is 0 Å². The molecule has 0 fully saturated rings. The molecule has 0 amide bonds. The van der Waals surface area contributed by atoms with E-state index in [1.54, 1.807) is 6.20 Å². The van der Waals surface area contributed by atoms with Crippen LogP contribution in [0.5, 0.6) is 0 Å². The zero-order valence-electron chi connectivity index (χ0n) is 15.9. The average molecular weight is 406 g/mol. The Kier molecular flexibility index (Phi) is 4.94. The van der Waals surface area contributed by atoms with Crippen LogP contribution >= 0.6 is 11.3 Å². The van der Waals surface area contributed by atoms with Crippen molar-refractivity contribution in [2.24, 2.45) is 0 Å². The Morgan fingerprint density at radius 1 is 1.14 bits per heavy atom. The number of non-ortho nitro benzene ring substituents is 1. The average Bonchev–Trinajstić information content (AvgIpc) is 3.18. The Labute approximate surface area is 170 Å². The Morgan fingerprint density at radius 3 is 2.59 bits per heavy atom. The number of nitro groups is 1. The molecular weight excluding hydrogens is 388 g/mol. The molecule has 0 saturated heterocycles. The van der Waals surface area contributed by atoms with Crippen molar-refractivity contribution in [2.45, 2.75) is 26.3 Å². The third kappa shape index (κ3) is 3.79. The summed E-state index contributed by atoms with van der Waals surface area (Å²) in [6.45, 7) is 4.66. The van der Waals surface area contributed by atoms with Crippen LogP contribution in [0.3, 0.4) is 0 Å². The van der Waals surface area contributed by atoms with Gasteiger partial charge in [-0.1, -0.05) is 38.1 Å². The number of fused-ring (bicyclic) bond motifs is 1. The fourth-order valence-electron chi connectivity index (χ4n) is 3.07. The second-order valence-corrected chi connectivity index (χ2v) is 8.16. The lowest BCUT2D eigenvalue weighted by Crippen LogP contribution is -2.20. The van der Waals surface area contributed by atoms with Gasteiger partial charge in [0.2, 0.25) is 0 Å². The van der Waals surface area contributed by atoms with E-state index in [9.17, 15) is 14.9 Å². The molecule has 0 N–H and O–H groups in total. The minimum absolute atomic E-state index is 0.0854. The summed E-state index contributed by atoms with van der Waals surface area (Å²) in [4.78, 5) is 32.8. The first kappa shape index (κ1) is 18.9. The summed E-state index contributed by atoms with van der Waals surface area (Å²) >= 11 is 1.53. The zero-order valence-corrected chi connectivity index (χ0v) is 16.7. The maximum atomic E-state index is 12.7. The van der Waals surface area contributed by atoms with Gasteiger partial charge in [-0.2, -0.15) is 0 Å². The molecule has 4 aromatic rings. The summed E-state index contributed by atoms with van der Waals surface area (Å²) in [5.74, 6) is 0.476. The van der Waals surface area contributed by atoms with Crippen LogP contribution in [0.4, 0.5) is 5.69 Å². The quantitative estimate of drug-likeness (QED) is 0.357. The van der Waals surface area contributed by atoms with E-state index in [0.29, 0.717) is 23.4 Å². The van der Waals surface area contributed by atoms with Gasteiger partial charge in [-0.3, -0.25) is 19.5 Å². The van der Waals surface area contributed by atoms with E-state index in [4.69, 9.17) is 0 Å². The fraction of sp³-hybridized carbons (Fsp3) is 0.190. The number of hydrogen-bond acceptors (Lipinski definition) is 6. The summed E-state index contributed by atoms with van der Waals surface area (Å²) in [5.41, 5.74) is 2.32. The first-order chi connectivity index (χ1) is 13.9. The molecule has 0 unspecified atom stereocenters. The monoisotopic (exact) mass is 406 g/mol. The number of thiazole rings is 1. The minimum Gasteiger partial charge on any atom is -0.293 e. The molecule has 0 bridgehead atoms. The second kappa shape index (κ2) is 7.56. The van der Waals surface area contributed by atoms with Gasteiger partial charge in [-0.15, -0.1) is 11.3 Å². The molecular formula is C21H18N4O3S. The standard InChI is InChI=1S/C21H18N4O3S/c1-13(2)14-3-5-15(6-4-14)20-22-10-17(29-20)11-24-12-23-19-9-16(25(27)28)7-8-18(19)21(24)26/h3-10,12-13H,11H2,1-2H3. The van der Waals surface area contributed by atoms with Gasteiger partial charge >= 0.3 is 0 Å². The smallest absolute Gasteiger partial charge is 0.271 e. The number of hydrogen-bond donors (Lipinski definition) is 0. The summed E-state index contributed by atoms with van der Waals surface area (Å²) in [6.07, 6.45) is 3.19. The largest absolute Gasteiger partial charge is 0.293 e. The Balaban J connectivity index is 1.60. The van der Waals surface area contributed by atoms with E-state index in [1.165, 1.54) is 46.0 Å².